The molecule has 1 aliphatic rings. The van der Waals surface area contributed by atoms with Gasteiger partial charge in [-0.2, -0.15) is 0 Å². The molecule has 0 aliphatic heterocycles. The molecule has 2 rings (SSSR count). The lowest BCUT2D eigenvalue weighted by molar-refractivity contribution is -0.255. The number of carbonyl (C=O) groups excluding carboxylic acids is 1. The highest BCUT2D eigenvalue weighted by Crippen LogP contribution is 2.50. The minimum absolute atomic E-state index is 0.0155. The number of aromatic carboxylic acids is 1. The summed E-state index contributed by atoms with van der Waals surface area (Å²) in [5.74, 6) is -1.18. The minimum atomic E-state index is -1.18. The van der Waals surface area contributed by atoms with Crippen molar-refractivity contribution >= 4 is 5.97 Å². The normalized spacial score (nSPS) is 17.8. The molecule has 0 bridgehead atoms. The molecule has 4 heteroatoms. The van der Waals surface area contributed by atoms with Crippen LogP contribution in [0.1, 0.15) is 42.2 Å². The molecule has 0 amide bonds. The summed E-state index contributed by atoms with van der Waals surface area (Å²) in [6.07, 6.45) is 5.68. The minimum Gasteiger partial charge on any atom is -0.545 e. The van der Waals surface area contributed by atoms with Crippen molar-refractivity contribution in [1.82, 2.24) is 9.97 Å². The molecule has 1 aliphatic carbocycles. The molecule has 1 aromatic rings. The smallest absolute Gasteiger partial charge is 0.115 e. The van der Waals surface area contributed by atoms with Crippen LogP contribution in [-0.2, 0) is 5.41 Å². The second-order valence-electron chi connectivity index (χ2n) is 3.71. The van der Waals surface area contributed by atoms with E-state index >= 15 is 0 Å². The summed E-state index contributed by atoms with van der Waals surface area (Å²) >= 11 is 0. The standard InChI is InChI=1S/C10H12N2O2/c1-2-10(3-4-10)8-7(9(13)14)5-11-6-12-8/h5-6H,2-4H2,1H3,(H,13,14)/p-1. The third kappa shape index (κ3) is 1.27. The number of carboxylic acids is 1. The van der Waals surface area contributed by atoms with Crippen LogP contribution in [0.5, 0.6) is 0 Å². The van der Waals surface area contributed by atoms with Gasteiger partial charge in [-0.25, -0.2) is 9.97 Å². The summed E-state index contributed by atoms with van der Waals surface area (Å²) in [4.78, 5) is 18.6. The van der Waals surface area contributed by atoms with E-state index < -0.39 is 5.97 Å². The van der Waals surface area contributed by atoms with Gasteiger partial charge >= 0.3 is 0 Å². The van der Waals surface area contributed by atoms with Gasteiger partial charge in [-0.3, -0.25) is 0 Å². The zero-order valence-electron chi connectivity index (χ0n) is 7.99. The summed E-state index contributed by atoms with van der Waals surface area (Å²) in [6, 6.07) is 0. The molecule has 1 aromatic heterocycles. The third-order valence-corrected chi connectivity index (χ3v) is 2.96. The predicted octanol–water partition coefficient (Wildman–Crippen LogP) is 0.282. The van der Waals surface area contributed by atoms with E-state index in [2.05, 4.69) is 9.97 Å². The molecule has 4 nitrogen and oxygen atoms in total. The maximum absolute atomic E-state index is 10.8. The molecule has 0 atom stereocenters. The predicted molar refractivity (Wildman–Crippen MR) is 47.6 cm³/mol. The summed E-state index contributed by atoms with van der Waals surface area (Å²) in [7, 11) is 0. The number of carboxylic acid groups (broad SMARTS) is 1. The summed E-state index contributed by atoms with van der Waals surface area (Å²) < 4.78 is 0. The van der Waals surface area contributed by atoms with Crippen LogP contribution in [0, 0.1) is 0 Å². The fourth-order valence-electron chi connectivity index (χ4n) is 1.81. The van der Waals surface area contributed by atoms with Gasteiger partial charge in [0.15, 0.2) is 0 Å². The van der Waals surface area contributed by atoms with Crippen molar-refractivity contribution in [2.45, 2.75) is 31.6 Å². The van der Waals surface area contributed by atoms with Crippen LogP contribution in [0.3, 0.4) is 0 Å². The number of aromatic nitrogens is 2. The second kappa shape index (κ2) is 3.04. The van der Waals surface area contributed by atoms with Gasteiger partial charge in [0.05, 0.1) is 11.7 Å². The molecular weight excluding hydrogens is 180 g/mol. The Hall–Kier alpha value is -1.45. The van der Waals surface area contributed by atoms with Gasteiger partial charge in [0.2, 0.25) is 0 Å². The zero-order chi connectivity index (χ0) is 10.2. The maximum atomic E-state index is 10.8. The van der Waals surface area contributed by atoms with Crippen LogP contribution < -0.4 is 5.11 Å². The summed E-state index contributed by atoms with van der Waals surface area (Å²) in [6.45, 7) is 2.05. The topological polar surface area (TPSA) is 65.9 Å². The third-order valence-electron chi connectivity index (χ3n) is 2.96. The average molecular weight is 191 g/mol. The van der Waals surface area contributed by atoms with E-state index in [1.807, 2.05) is 6.92 Å². The van der Waals surface area contributed by atoms with Crippen molar-refractivity contribution in [1.29, 1.82) is 0 Å². The number of carbonyl (C=O) groups is 1. The van der Waals surface area contributed by atoms with Crippen molar-refractivity contribution < 1.29 is 9.90 Å². The van der Waals surface area contributed by atoms with Gasteiger partial charge in [-0.1, -0.05) is 6.92 Å². The van der Waals surface area contributed by atoms with E-state index in [1.54, 1.807) is 0 Å². The fourth-order valence-corrected chi connectivity index (χ4v) is 1.81. The van der Waals surface area contributed by atoms with Crippen molar-refractivity contribution in [2.24, 2.45) is 0 Å². The highest BCUT2D eigenvalue weighted by molar-refractivity contribution is 5.87. The van der Waals surface area contributed by atoms with Crippen molar-refractivity contribution in [2.75, 3.05) is 0 Å². The molecule has 1 fully saturated rings. The maximum Gasteiger partial charge on any atom is 0.115 e. The first-order chi connectivity index (χ1) is 6.69. The van der Waals surface area contributed by atoms with E-state index in [1.165, 1.54) is 12.5 Å². The highest BCUT2D eigenvalue weighted by Gasteiger charge is 2.45. The molecule has 0 spiro atoms. The SMILES string of the molecule is CCC1(c2ncncc2C(=O)[O-])CC1. The zero-order valence-corrected chi connectivity index (χ0v) is 7.99. The van der Waals surface area contributed by atoms with Gasteiger partial charge in [-0.05, 0) is 19.3 Å². The Morgan fingerprint density at radius 1 is 1.64 bits per heavy atom. The van der Waals surface area contributed by atoms with Crippen LogP contribution >= 0.6 is 0 Å². The molecule has 1 heterocycles. The van der Waals surface area contributed by atoms with Crippen LogP contribution in [0.25, 0.3) is 0 Å². The van der Waals surface area contributed by atoms with E-state index in [0.29, 0.717) is 5.69 Å². The lowest BCUT2D eigenvalue weighted by Crippen LogP contribution is -2.26. The van der Waals surface area contributed by atoms with E-state index in [0.717, 1.165) is 19.3 Å². The second-order valence-corrected chi connectivity index (χ2v) is 3.71. The number of rotatable bonds is 3. The first-order valence-corrected chi connectivity index (χ1v) is 4.71. The van der Waals surface area contributed by atoms with Crippen molar-refractivity contribution in [3.63, 3.8) is 0 Å². The summed E-state index contributed by atoms with van der Waals surface area (Å²) in [5, 5.41) is 10.8. The Kier molecular flexibility index (Phi) is 1.98. The lowest BCUT2D eigenvalue weighted by atomic mass is 9.95. The van der Waals surface area contributed by atoms with Crippen molar-refractivity contribution in [3.8, 4) is 0 Å². The molecule has 1 saturated carbocycles. The molecule has 0 radical (unpaired) electrons. The van der Waals surface area contributed by atoms with E-state index in [9.17, 15) is 9.90 Å². The first-order valence-electron chi connectivity index (χ1n) is 4.71. The van der Waals surface area contributed by atoms with Crippen LogP contribution in [0.15, 0.2) is 12.5 Å². The molecule has 14 heavy (non-hydrogen) atoms. The monoisotopic (exact) mass is 191 g/mol. The molecular formula is C10H11N2O2-. The van der Waals surface area contributed by atoms with Gasteiger partial charge in [0.25, 0.3) is 0 Å². The Labute approximate surface area is 82.0 Å². The lowest BCUT2D eigenvalue weighted by Gasteiger charge is -2.15. The Morgan fingerprint density at radius 3 is 2.86 bits per heavy atom. The van der Waals surface area contributed by atoms with Crippen LogP contribution in [0.2, 0.25) is 0 Å². The number of nitrogens with zero attached hydrogens (tertiary/aromatic N) is 2. The molecule has 74 valence electrons. The number of hydrogen-bond donors (Lipinski definition) is 0. The van der Waals surface area contributed by atoms with Gasteiger partial charge in [-0.15, -0.1) is 0 Å². The van der Waals surface area contributed by atoms with Gasteiger partial charge in [0, 0.05) is 17.2 Å². The summed E-state index contributed by atoms with van der Waals surface area (Å²) in [5.41, 5.74) is 0.778. The van der Waals surface area contributed by atoms with Crippen LogP contribution in [0.4, 0.5) is 0 Å². The molecule has 0 aromatic carbocycles. The largest absolute Gasteiger partial charge is 0.545 e. The molecule has 0 saturated heterocycles. The molecule has 0 unspecified atom stereocenters. The Bertz CT molecular complexity index is 372. The van der Waals surface area contributed by atoms with Crippen molar-refractivity contribution in [3.05, 3.63) is 23.8 Å². The van der Waals surface area contributed by atoms with Crippen LogP contribution in [-0.4, -0.2) is 15.9 Å². The Balaban J connectivity index is 2.47. The van der Waals surface area contributed by atoms with Gasteiger partial charge < -0.3 is 9.90 Å². The first kappa shape index (κ1) is 9.12. The van der Waals surface area contributed by atoms with E-state index in [4.69, 9.17) is 0 Å². The number of hydrogen-bond acceptors (Lipinski definition) is 4. The quantitative estimate of drug-likeness (QED) is 0.688. The van der Waals surface area contributed by atoms with Gasteiger partial charge in [0.1, 0.15) is 6.33 Å². The average Bonchev–Trinajstić information content (AvgIpc) is 2.98. The highest BCUT2D eigenvalue weighted by atomic mass is 16.4. The fraction of sp³-hybridized carbons (Fsp3) is 0.500. The molecule has 0 N–H and O–H groups in total. The van der Waals surface area contributed by atoms with E-state index in [-0.39, 0.29) is 11.0 Å². The Morgan fingerprint density at radius 2 is 2.36 bits per heavy atom.